The van der Waals surface area contributed by atoms with E-state index in [4.69, 9.17) is 0 Å². The number of aliphatic hydroxyl groups is 2. The average molecular weight is 236 g/mol. The first-order valence-corrected chi connectivity index (χ1v) is 6.87. The molecule has 2 heteroatoms. The molecule has 2 N–H and O–H groups in total. The molecule has 0 amide bonds. The van der Waals surface area contributed by atoms with E-state index in [0.29, 0.717) is 11.8 Å². The molecular weight excluding hydrogens is 212 g/mol. The van der Waals surface area contributed by atoms with Crippen molar-refractivity contribution in [1.82, 2.24) is 0 Å². The van der Waals surface area contributed by atoms with Crippen molar-refractivity contribution in [3.63, 3.8) is 0 Å². The molecule has 3 aliphatic carbocycles. The molecular formula is C15H24O2. The van der Waals surface area contributed by atoms with Crippen molar-refractivity contribution in [2.45, 2.75) is 52.1 Å². The van der Waals surface area contributed by atoms with Crippen LogP contribution in [0.15, 0.2) is 11.6 Å². The Balaban J connectivity index is 2.00. The Morgan fingerprint density at radius 1 is 1.29 bits per heavy atom. The predicted octanol–water partition coefficient (Wildman–Crippen LogP) is 2.50. The van der Waals surface area contributed by atoms with Gasteiger partial charge in [0.15, 0.2) is 0 Å². The van der Waals surface area contributed by atoms with Crippen molar-refractivity contribution < 1.29 is 10.2 Å². The molecule has 0 saturated heterocycles. The van der Waals surface area contributed by atoms with Crippen LogP contribution < -0.4 is 0 Å². The van der Waals surface area contributed by atoms with Gasteiger partial charge in [-0.1, -0.05) is 19.9 Å². The Morgan fingerprint density at radius 2 is 2.00 bits per heavy atom. The maximum absolute atomic E-state index is 10.8. The van der Waals surface area contributed by atoms with Gasteiger partial charge in [0.25, 0.3) is 0 Å². The SMILES string of the molecule is CC1=C[C@@H]2C[C@](C)(CO)C[C@@H]2[C@@]2(C)CC[C@@]12O. The zero-order valence-corrected chi connectivity index (χ0v) is 11.2. The average Bonchev–Trinajstić information content (AvgIpc) is 2.63. The van der Waals surface area contributed by atoms with E-state index in [-0.39, 0.29) is 17.4 Å². The zero-order chi connectivity index (χ0) is 12.5. The maximum Gasteiger partial charge on any atom is 0.0910 e. The molecule has 0 heterocycles. The lowest BCUT2D eigenvalue weighted by Crippen LogP contribution is -2.62. The summed E-state index contributed by atoms with van der Waals surface area (Å²) in [4.78, 5) is 0. The van der Waals surface area contributed by atoms with Crippen molar-refractivity contribution in [3.05, 3.63) is 11.6 Å². The van der Waals surface area contributed by atoms with Crippen LogP contribution in [0.3, 0.4) is 0 Å². The molecule has 2 fully saturated rings. The topological polar surface area (TPSA) is 40.5 Å². The van der Waals surface area contributed by atoms with Gasteiger partial charge in [-0.05, 0) is 55.4 Å². The van der Waals surface area contributed by atoms with E-state index in [1.807, 2.05) is 0 Å². The molecule has 0 unspecified atom stereocenters. The number of rotatable bonds is 1. The quantitative estimate of drug-likeness (QED) is 0.687. The summed E-state index contributed by atoms with van der Waals surface area (Å²) in [5.74, 6) is 1.12. The first kappa shape index (κ1) is 11.7. The van der Waals surface area contributed by atoms with Crippen LogP contribution in [0.25, 0.3) is 0 Å². The molecule has 0 aromatic heterocycles. The lowest BCUT2D eigenvalue weighted by atomic mass is 9.46. The van der Waals surface area contributed by atoms with Crippen molar-refractivity contribution >= 4 is 0 Å². The van der Waals surface area contributed by atoms with Gasteiger partial charge in [-0.3, -0.25) is 0 Å². The standard InChI is InChI=1S/C15H24O2/c1-10-6-11-7-13(2,9-16)8-12(11)14(3)4-5-15(10,14)17/h6,11-12,16-17H,4-5,7-9H2,1-3H3/t11-,12+,13+,14-,15-/m1/s1. The second-order valence-corrected chi connectivity index (χ2v) is 7.27. The van der Waals surface area contributed by atoms with Gasteiger partial charge in [0.1, 0.15) is 0 Å². The minimum Gasteiger partial charge on any atom is -0.396 e. The Bertz CT molecular complexity index is 388. The van der Waals surface area contributed by atoms with Crippen LogP contribution in [0.4, 0.5) is 0 Å². The van der Waals surface area contributed by atoms with Crippen molar-refractivity contribution in [3.8, 4) is 0 Å². The fourth-order valence-electron chi connectivity index (χ4n) is 4.83. The Hall–Kier alpha value is -0.340. The van der Waals surface area contributed by atoms with Gasteiger partial charge in [-0.25, -0.2) is 0 Å². The van der Waals surface area contributed by atoms with Crippen LogP contribution in [0.5, 0.6) is 0 Å². The third kappa shape index (κ3) is 1.23. The number of allylic oxidation sites excluding steroid dienone is 1. The molecule has 3 rings (SSSR count). The molecule has 17 heavy (non-hydrogen) atoms. The molecule has 2 nitrogen and oxygen atoms in total. The van der Waals surface area contributed by atoms with E-state index in [9.17, 15) is 10.2 Å². The zero-order valence-electron chi connectivity index (χ0n) is 11.2. The lowest BCUT2D eigenvalue weighted by Gasteiger charge is -2.62. The van der Waals surface area contributed by atoms with E-state index in [0.717, 1.165) is 25.7 Å². The summed E-state index contributed by atoms with van der Waals surface area (Å²) >= 11 is 0. The van der Waals surface area contributed by atoms with Crippen LogP contribution in [-0.4, -0.2) is 22.4 Å². The highest BCUT2D eigenvalue weighted by Gasteiger charge is 2.65. The molecule has 0 radical (unpaired) electrons. The summed E-state index contributed by atoms with van der Waals surface area (Å²) in [5.41, 5.74) is 0.753. The summed E-state index contributed by atoms with van der Waals surface area (Å²) in [6, 6.07) is 0. The molecule has 0 aromatic rings. The second-order valence-electron chi connectivity index (χ2n) is 7.27. The summed E-state index contributed by atoms with van der Waals surface area (Å²) in [6.45, 7) is 6.81. The minimum atomic E-state index is -0.547. The molecule has 3 aliphatic rings. The van der Waals surface area contributed by atoms with Gasteiger partial charge in [-0.2, -0.15) is 0 Å². The van der Waals surface area contributed by atoms with Gasteiger partial charge in [0.05, 0.1) is 5.60 Å². The lowest BCUT2D eigenvalue weighted by molar-refractivity contribution is -0.173. The summed E-state index contributed by atoms with van der Waals surface area (Å²) < 4.78 is 0. The van der Waals surface area contributed by atoms with Crippen LogP contribution in [-0.2, 0) is 0 Å². The summed E-state index contributed by atoms with van der Waals surface area (Å²) in [7, 11) is 0. The molecule has 5 atom stereocenters. The van der Waals surface area contributed by atoms with Gasteiger partial charge >= 0.3 is 0 Å². The Morgan fingerprint density at radius 3 is 2.53 bits per heavy atom. The van der Waals surface area contributed by atoms with Crippen molar-refractivity contribution in [2.75, 3.05) is 6.61 Å². The number of hydrogen-bond donors (Lipinski definition) is 2. The Kier molecular flexibility index (Phi) is 2.18. The number of aliphatic hydroxyl groups excluding tert-OH is 1. The largest absolute Gasteiger partial charge is 0.396 e. The molecule has 0 bridgehead atoms. The molecule has 0 aliphatic heterocycles. The van der Waals surface area contributed by atoms with Crippen LogP contribution in [0, 0.1) is 22.7 Å². The van der Waals surface area contributed by atoms with E-state index in [2.05, 4.69) is 26.8 Å². The van der Waals surface area contributed by atoms with Gasteiger partial charge in [-0.15, -0.1) is 0 Å². The highest BCUT2D eigenvalue weighted by atomic mass is 16.3. The van der Waals surface area contributed by atoms with E-state index in [1.54, 1.807) is 0 Å². The highest BCUT2D eigenvalue weighted by Crippen LogP contribution is 2.67. The van der Waals surface area contributed by atoms with E-state index < -0.39 is 5.60 Å². The summed E-state index contributed by atoms with van der Waals surface area (Å²) in [6.07, 6.45) is 6.50. The smallest absolute Gasteiger partial charge is 0.0910 e. The predicted molar refractivity (Wildman–Crippen MR) is 67.5 cm³/mol. The first-order valence-electron chi connectivity index (χ1n) is 6.87. The van der Waals surface area contributed by atoms with E-state index >= 15 is 0 Å². The van der Waals surface area contributed by atoms with E-state index in [1.165, 1.54) is 5.57 Å². The number of fused-ring (bicyclic) bond motifs is 3. The van der Waals surface area contributed by atoms with Crippen LogP contribution in [0.2, 0.25) is 0 Å². The monoisotopic (exact) mass is 236 g/mol. The fraction of sp³-hybridized carbons (Fsp3) is 0.867. The Labute approximate surface area is 104 Å². The van der Waals surface area contributed by atoms with Crippen molar-refractivity contribution in [2.24, 2.45) is 22.7 Å². The minimum absolute atomic E-state index is 0.0590. The third-order valence-corrected chi connectivity index (χ3v) is 6.23. The molecule has 0 aromatic carbocycles. The van der Waals surface area contributed by atoms with Crippen LogP contribution >= 0.6 is 0 Å². The number of hydrogen-bond acceptors (Lipinski definition) is 2. The highest BCUT2D eigenvalue weighted by molar-refractivity contribution is 5.33. The first-order chi connectivity index (χ1) is 7.85. The molecule has 2 saturated carbocycles. The molecule has 96 valence electrons. The van der Waals surface area contributed by atoms with Gasteiger partial charge in [0, 0.05) is 12.0 Å². The van der Waals surface area contributed by atoms with Crippen molar-refractivity contribution in [1.29, 1.82) is 0 Å². The maximum atomic E-state index is 10.8. The van der Waals surface area contributed by atoms with Gasteiger partial charge in [0.2, 0.25) is 0 Å². The van der Waals surface area contributed by atoms with Gasteiger partial charge < -0.3 is 10.2 Å². The third-order valence-electron chi connectivity index (χ3n) is 6.23. The second kappa shape index (κ2) is 3.16. The molecule has 0 spiro atoms. The summed E-state index contributed by atoms with van der Waals surface area (Å²) in [5, 5.41) is 20.4. The normalized spacial score (nSPS) is 56.9. The fourth-order valence-corrected chi connectivity index (χ4v) is 4.83. The van der Waals surface area contributed by atoms with Crippen LogP contribution in [0.1, 0.15) is 46.5 Å².